The van der Waals surface area contributed by atoms with Crippen molar-refractivity contribution in [2.24, 2.45) is 12.8 Å². The van der Waals surface area contributed by atoms with Crippen molar-refractivity contribution >= 4 is 11.3 Å². The van der Waals surface area contributed by atoms with Gasteiger partial charge in [0.25, 0.3) is 0 Å². The fraction of sp³-hybridized carbons (Fsp3) is 0.300. The summed E-state index contributed by atoms with van der Waals surface area (Å²) >= 11 is 1.73. The van der Waals surface area contributed by atoms with Gasteiger partial charge < -0.3 is 5.73 Å². The zero-order valence-corrected chi connectivity index (χ0v) is 9.08. The van der Waals surface area contributed by atoms with Crippen LogP contribution < -0.4 is 5.73 Å². The highest BCUT2D eigenvalue weighted by Gasteiger charge is 2.14. The molecule has 2 heterocycles. The molecular weight excluding hydrogens is 194 g/mol. The number of nitrogens with two attached hydrogens (primary N) is 1. The van der Waals surface area contributed by atoms with Gasteiger partial charge in [0.2, 0.25) is 0 Å². The van der Waals surface area contributed by atoms with Crippen molar-refractivity contribution < 1.29 is 0 Å². The van der Waals surface area contributed by atoms with E-state index in [0.717, 1.165) is 5.69 Å². The molecule has 74 valence electrons. The van der Waals surface area contributed by atoms with Gasteiger partial charge in [-0.1, -0.05) is 0 Å². The second-order valence-electron chi connectivity index (χ2n) is 3.29. The quantitative estimate of drug-likeness (QED) is 0.816. The lowest BCUT2D eigenvalue weighted by molar-refractivity contribution is 0.673. The van der Waals surface area contributed by atoms with Crippen molar-refractivity contribution in [1.82, 2.24) is 9.78 Å². The summed E-state index contributed by atoms with van der Waals surface area (Å²) in [6, 6.07) is 3.98. The molecule has 0 aromatic carbocycles. The first-order chi connectivity index (χ1) is 6.70. The van der Waals surface area contributed by atoms with Gasteiger partial charge in [0.15, 0.2) is 0 Å². The molecule has 0 fully saturated rings. The fourth-order valence-electron chi connectivity index (χ4n) is 1.57. The molecule has 3 nitrogen and oxygen atoms in total. The van der Waals surface area contributed by atoms with Crippen LogP contribution >= 0.6 is 11.3 Å². The average Bonchev–Trinajstić information content (AvgIpc) is 2.73. The van der Waals surface area contributed by atoms with Crippen molar-refractivity contribution in [1.29, 1.82) is 0 Å². The summed E-state index contributed by atoms with van der Waals surface area (Å²) in [4.78, 5) is 1.28. The van der Waals surface area contributed by atoms with Crippen LogP contribution in [0.5, 0.6) is 0 Å². The third-order valence-electron chi connectivity index (χ3n) is 2.41. The monoisotopic (exact) mass is 207 g/mol. The third kappa shape index (κ3) is 1.47. The molecule has 2 N–H and O–H groups in total. The van der Waals surface area contributed by atoms with E-state index in [0.29, 0.717) is 0 Å². The van der Waals surface area contributed by atoms with E-state index in [1.165, 1.54) is 10.4 Å². The molecule has 2 aromatic heterocycles. The van der Waals surface area contributed by atoms with Gasteiger partial charge in [-0.2, -0.15) is 5.10 Å². The van der Waals surface area contributed by atoms with Gasteiger partial charge in [-0.25, -0.2) is 0 Å². The van der Waals surface area contributed by atoms with E-state index in [9.17, 15) is 0 Å². The minimum absolute atomic E-state index is 0.0613. The van der Waals surface area contributed by atoms with E-state index >= 15 is 0 Å². The average molecular weight is 207 g/mol. The maximum absolute atomic E-state index is 6.15. The normalized spacial score (nSPS) is 13.1. The maximum Gasteiger partial charge on any atom is 0.0733 e. The lowest BCUT2D eigenvalue weighted by Crippen LogP contribution is -2.15. The first-order valence-electron chi connectivity index (χ1n) is 4.47. The lowest BCUT2D eigenvalue weighted by Gasteiger charge is -2.11. The Morgan fingerprint density at radius 2 is 2.29 bits per heavy atom. The van der Waals surface area contributed by atoms with Gasteiger partial charge in [0.1, 0.15) is 0 Å². The second kappa shape index (κ2) is 3.55. The number of hydrogen-bond donors (Lipinski definition) is 1. The van der Waals surface area contributed by atoms with Gasteiger partial charge in [-0.3, -0.25) is 4.68 Å². The van der Waals surface area contributed by atoms with Gasteiger partial charge >= 0.3 is 0 Å². The Hall–Kier alpha value is -1.13. The molecule has 0 radical (unpaired) electrons. The van der Waals surface area contributed by atoms with E-state index in [-0.39, 0.29) is 6.04 Å². The van der Waals surface area contributed by atoms with Crippen LogP contribution in [0.3, 0.4) is 0 Å². The summed E-state index contributed by atoms with van der Waals surface area (Å²) in [5, 5.41) is 6.19. The van der Waals surface area contributed by atoms with Crippen LogP contribution in [0.25, 0.3) is 0 Å². The van der Waals surface area contributed by atoms with Gasteiger partial charge in [0, 0.05) is 18.1 Å². The topological polar surface area (TPSA) is 43.8 Å². The molecule has 1 atom stereocenters. The molecule has 0 aliphatic carbocycles. The molecule has 0 bridgehead atoms. The molecule has 0 aliphatic rings. The summed E-state index contributed by atoms with van der Waals surface area (Å²) in [6.45, 7) is 2.09. The van der Waals surface area contributed by atoms with Crippen molar-refractivity contribution in [2.45, 2.75) is 13.0 Å². The highest BCUT2D eigenvalue weighted by molar-refractivity contribution is 7.10. The summed E-state index contributed by atoms with van der Waals surface area (Å²) in [6.07, 6.45) is 1.77. The maximum atomic E-state index is 6.15. The van der Waals surface area contributed by atoms with E-state index in [2.05, 4.69) is 23.5 Å². The molecule has 2 aromatic rings. The number of aryl methyl sites for hydroxylation is 2. The largest absolute Gasteiger partial charge is 0.319 e. The standard InChI is InChI=1S/C10H13N3S/c1-7-8(4-6-14-7)10(11)9-3-5-12-13(9)2/h3-6,10H,11H2,1-2H3. The third-order valence-corrected chi connectivity index (χ3v) is 3.27. The van der Waals surface area contributed by atoms with Crippen molar-refractivity contribution in [3.05, 3.63) is 39.8 Å². The van der Waals surface area contributed by atoms with Crippen molar-refractivity contribution in [2.75, 3.05) is 0 Å². The molecule has 4 heteroatoms. The summed E-state index contributed by atoms with van der Waals surface area (Å²) < 4.78 is 1.82. The van der Waals surface area contributed by atoms with Crippen LogP contribution in [0.1, 0.15) is 22.2 Å². The van der Waals surface area contributed by atoms with E-state index in [4.69, 9.17) is 5.73 Å². The molecule has 0 spiro atoms. The SMILES string of the molecule is Cc1sccc1C(N)c1ccnn1C. The van der Waals surface area contributed by atoms with Crippen LogP contribution in [0.2, 0.25) is 0 Å². The summed E-state index contributed by atoms with van der Waals surface area (Å²) in [7, 11) is 1.91. The first kappa shape index (κ1) is 9.43. The van der Waals surface area contributed by atoms with Crippen molar-refractivity contribution in [3.8, 4) is 0 Å². The number of nitrogens with zero attached hydrogens (tertiary/aromatic N) is 2. The lowest BCUT2D eigenvalue weighted by atomic mass is 10.1. The summed E-state index contributed by atoms with van der Waals surface area (Å²) in [5.41, 5.74) is 8.39. The number of thiophene rings is 1. The highest BCUT2D eigenvalue weighted by atomic mass is 32.1. The first-order valence-corrected chi connectivity index (χ1v) is 5.35. The number of rotatable bonds is 2. The zero-order valence-electron chi connectivity index (χ0n) is 8.27. The fourth-order valence-corrected chi connectivity index (χ4v) is 2.32. The van der Waals surface area contributed by atoms with Crippen LogP contribution in [0, 0.1) is 6.92 Å². The van der Waals surface area contributed by atoms with Gasteiger partial charge in [-0.05, 0) is 30.0 Å². The Kier molecular flexibility index (Phi) is 2.39. The van der Waals surface area contributed by atoms with Gasteiger partial charge in [0.05, 0.1) is 11.7 Å². The van der Waals surface area contributed by atoms with Crippen LogP contribution in [-0.2, 0) is 7.05 Å². The summed E-state index contributed by atoms with van der Waals surface area (Å²) in [5.74, 6) is 0. The van der Waals surface area contributed by atoms with E-state index in [1.807, 2.05) is 17.8 Å². The van der Waals surface area contributed by atoms with Crippen LogP contribution in [-0.4, -0.2) is 9.78 Å². The van der Waals surface area contributed by atoms with E-state index < -0.39 is 0 Å². The molecule has 2 rings (SSSR count). The Bertz CT molecular complexity index is 390. The molecular formula is C10H13N3S. The minimum atomic E-state index is -0.0613. The molecule has 0 amide bonds. The zero-order chi connectivity index (χ0) is 10.1. The minimum Gasteiger partial charge on any atom is -0.319 e. The van der Waals surface area contributed by atoms with Crippen LogP contribution in [0.15, 0.2) is 23.7 Å². The number of hydrogen-bond acceptors (Lipinski definition) is 3. The predicted octanol–water partition coefficient (Wildman–Crippen LogP) is 1.84. The van der Waals surface area contributed by atoms with Gasteiger partial charge in [-0.15, -0.1) is 11.3 Å². The van der Waals surface area contributed by atoms with Crippen molar-refractivity contribution in [3.63, 3.8) is 0 Å². The predicted molar refractivity (Wildman–Crippen MR) is 58.3 cm³/mol. The van der Waals surface area contributed by atoms with Crippen LogP contribution in [0.4, 0.5) is 0 Å². The molecule has 14 heavy (non-hydrogen) atoms. The van der Waals surface area contributed by atoms with E-state index in [1.54, 1.807) is 17.5 Å². The second-order valence-corrected chi connectivity index (χ2v) is 4.41. The highest BCUT2D eigenvalue weighted by Crippen LogP contribution is 2.25. The molecule has 0 aliphatic heterocycles. The number of aromatic nitrogens is 2. The molecule has 1 unspecified atom stereocenters. The smallest absolute Gasteiger partial charge is 0.0733 e. The Morgan fingerprint density at radius 1 is 1.50 bits per heavy atom. The molecule has 0 saturated carbocycles. The Morgan fingerprint density at radius 3 is 2.79 bits per heavy atom. The Balaban J connectivity index is 2.38. The molecule has 0 saturated heterocycles. The Labute approximate surface area is 87.2 Å².